The maximum atomic E-state index is 13.8. The Bertz CT molecular complexity index is 714. The van der Waals surface area contributed by atoms with Crippen molar-refractivity contribution in [1.82, 2.24) is 4.53 Å². The van der Waals surface area contributed by atoms with Gasteiger partial charge in [-0.2, -0.15) is 8.78 Å². The van der Waals surface area contributed by atoms with Gasteiger partial charge in [-0.3, -0.25) is 0 Å². The standard InChI is InChI=1S/C12H10F3NO2S/c1-16(15)19(17,18)12(13,14)11-7-6-9-4-2-3-5-10(9)8-11/h2-8H,1H3. The number of benzene rings is 2. The molecule has 0 amide bonds. The fourth-order valence-electron chi connectivity index (χ4n) is 1.68. The van der Waals surface area contributed by atoms with Crippen LogP contribution in [0.2, 0.25) is 0 Å². The summed E-state index contributed by atoms with van der Waals surface area (Å²) in [4.78, 5) is 0. The highest BCUT2D eigenvalue weighted by molar-refractivity contribution is 7.89. The van der Waals surface area contributed by atoms with E-state index in [4.69, 9.17) is 0 Å². The minimum absolute atomic E-state index is 0.421. The van der Waals surface area contributed by atoms with Crippen molar-refractivity contribution in [2.45, 2.75) is 5.25 Å². The molecule has 0 saturated heterocycles. The Morgan fingerprint density at radius 1 is 1.05 bits per heavy atom. The minimum Gasteiger partial charge on any atom is -0.203 e. The van der Waals surface area contributed by atoms with E-state index in [1.807, 2.05) is 0 Å². The first-order valence-electron chi connectivity index (χ1n) is 5.28. The van der Waals surface area contributed by atoms with E-state index in [1.165, 1.54) is 6.07 Å². The maximum Gasteiger partial charge on any atom is 0.386 e. The van der Waals surface area contributed by atoms with Crippen LogP contribution in [0.5, 0.6) is 0 Å². The zero-order valence-corrected chi connectivity index (χ0v) is 10.7. The Balaban J connectivity index is 2.61. The molecular formula is C12H10F3NO2S. The SMILES string of the molecule is CN(F)S(=O)(=O)C(F)(F)c1ccc2ccccc2c1. The largest absolute Gasteiger partial charge is 0.386 e. The van der Waals surface area contributed by atoms with Gasteiger partial charge in [0.25, 0.3) is 0 Å². The van der Waals surface area contributed by atoms with Crippen molar-refractivity contribution in [3.05, 3.63) is 48.0 Å². The second-order valence-corrected chi connectivity index (χ2v) is 5.94. The van der Waals surface area contributed by atoms with Crippen LogP contribution in [0.1, 0.15) is 5.56 Å². The van der Waals surface area contributed by atoms with Crippen LogP contribution in [0, 0.1) is 0 Å². The van der Waals surface area contributed by atoms with E-state index >= 15 is 0 Å². The van der Waals surface area contributed by atoms with Crippen molar-refractivity contribution >= 4 is 20.8 Å². The summed E-state index contributed by atoms with van der Waals surface area (Å²) >= 11 is 0. The molecule has 0 spiro atoms. The third-order valence-corrected chi connectivity index (χ3v) is 4.29. The third kappa shape index (κ3) is 2.19. The van der Waals surface area contributed by atoms with Crippen molar-refractivity contribution in [2.75, 3.05) is 7.05 Å². The zero-order valence-electron chi connectivity index (χ0n) is 9.85. The molecule has 0 aliphatic rings. The number of fused-ring (bicyclic) bond motifs is 1. The monoisotopic (exact) mass is 289 g/mol. The smallest absolute Gasteiger partial charge is 0.203 e. The van der Waals surface area contributed by atoms with Crippen LogP contribution >= 0.6 is 0 Å². The number of hydrogen-bond donors (Lipinski definition) is 0. The molecule has 0 heterocycles. The van der Waals surface area contributed by atoms with Gasteiger partial charge in [0, 0.05) is 12.6 Å². The van der Waals surface area contributed by atoms with E-state index in [1.54, 1.807) is 24.3 Å². The summed E-state index contributed by atoms with van der Waals surface area (Å²) in [5.74, 6) is 0. The molecule has 19 heavy (non-hydrogen) atoms. The van der Waals surface area contributed by atoms with Crippen LogP contribution in [0.4, 0.5) is 13.3 Å². The Kier molecular flexibility index (Phi) is 3.27. The third-order valence-electron chi connectivity index (χ3n) is 2.74. The summed E-state index contributed by atoms with van der Waals surface area (Å²) < 4.78 is 62.0. The summed E-state index contributed by atoms with van der Waals surface area (Å²) in [5.41, 5.74) is -0.768. The lowest BCUT2D eigenvalue weighted by Crippen LogP contribution is -2.34. The Morgan fingerprint density at radius 3 is 2.21 bits per heavy atom. The molecule has 0 atom stereocenters. The zero-order chi connectivity index (χ0) is 14.3. The minimum atomic E-state index is -5.36. The van der Waals surface area contributed by atoms with Crippen molar-refractivity contribution in [1.29, 1.82) is 0 Å². The molecule has 3 nitrogen and oxygen atoms in total. The van der Waals surface area contributed by atoms with Crippen LogP contribution in [0.15, 0.2) is 42.5 Å². The second kappa shape index (κ2) is 4.50. The van der Waals surface area contributed by atoms with Gasteiger partial charge in [-0.1, -0.05) is 36.4 Å². The van der Waals surface area contributed by atoms with Crippen molar-refractivity contribution in [3.8, 4) is 0 Å². The van der Waals surface area contributed by atoms with Crippen LogP contribution in [-0.2, 0) is 15.3 Å². The number of nitrogens with zero attached hydrogens (tertiary/aromatic N) is 1. The van der Waals surface area contributed by atoms with Crippen LogP contribution in [-0.4, -0.2) is 20.0 Å². The fraction of sp³-hybridized carbons (Fsp3) is 0.167. The van der Waals surface area contributed by atoms with E-state index in [9.17, 15) is 21.7 Å². The summed E-state index contributed by atoms with van der Waals surface area (Å²) in [6, 6.07) is 10.0. The van der Waals surface area contributed by atoms with Gasteiger partial charge in [-0.25, -0.2) is 8.42 Å². The number of sulfonamides is 1. The van der Waals surface area contributed by atoms with Gasteiger partial charge < -0.3 is 0 Å². The van der Waals surface area contributed by atoms with E-state index in [0.717, 1.165) is 12.1 Å². The van der Waals surface area contributed by atoms with Gasteiger partial charge in [0.2, 0.25) is 0 Å². The van der Waals surface area contributed by atoms with Gasteiger partial charge in [-0.15, -0.1) is 4.48 Å². The molecule has 2 aromatic rings. The van der Waals surface area contributed by atoms with Crippen LogP contribution < -0.4 is 0 Å². The number of hydrogen-bond acceptors (Lipinski definition) is 2. The Hall–Kier alpha value is -1.60. The van der Waals surface area contributed by atoms with Crippen molar-refractivity contribution < 1.29 is 21.7 Å². The average Bonchev–Trinajstić information content (AvgIpc) is 2.37. The summed E-state index contributed by atoms with van der Waals surface area (Å²) in [5, 5.41) is -3.18. The van der Waals surface area contributed by atoms with E-state index < -0.39 is 25.4 Å². The first kappa shape index (κ1) is 13.8. The molecular weight excluding hydrogens is 279 g/mol. The van der Waals surface area contributed by atoms with Gasteiger partial charge in [-0.05, 0) is 21.4 Å². The molecule has 2 rings (SSSR count). The molecule has 0 aromatic heterocycles. The molecule has 2 aromatic carbocycles. The molecule has 102 valence electrons. The van der Waals surface area contributed by atoms with Crippen molar-refractivity contribution in [2.24, 2.45) is 0 Å². The summed E-state index contributed by atoms with van der Waals surface area (Å²) in [6.45, 7) is 0. The maximum absolute atomic E-state index is 13.8. The first-order chi connectivity index (χ1) is 8.76. The lowest BCUT2D eigenvalue weighted by molar-refractivity contribution is 0.0626. The second-order valence-electron chi connectivity index (χ2n) is 3.97. The van der Waals surface area contributed by atoms with Crippen LogP contribution in [0.25, 0.3) is 10.8 Å². The lowest BCUT2D eigenvalue weighted by atomic mass is 10.1. The predicted molar refractivity (Wildman–Crippen MR) is 65.6 cm³/mol. The normalized spacial score (nSPS) is 13.1. The van der Waals surface area contributed by atoms with Gasteiger partial charge in [0.05, 0.1) is 0 Å². The topological polar surface area (TPSA) is 37.4 Å². The highest BCUT2D eigenvalue weighted by atomic mass is 32.2. The molecule has 7 heteroatoms. The number of alkyl halides is 2. The van der Waals surface area contributed by atoms with E-state index in [-0.39, 0.29) is 0 Å². The molecule has 0 aliphatic heterocycles. The lowest BCUT2D eigenvalue weighted by Gasteiger charge is -2.19. The van der Waals surface area contributed by atoms with Crippen molar-refractivity contribution in [3.63, 3.8) is 0 Å². The molecule has 0 fully saturated rings. The highest BCUT2D eigenvalue weighted by Gasteiger charge is 2.50. The Morgan fingerprint density at radius 2 is 1.63 bits per heavy atom. The molecule has 0 aliphatic carbocycles. The molecule has 0 N–H and O–H groups in total. The van der Waals surface area contributed by atoms with Crippen LogP contribution in [0.3, 0.4) is 0 Å². The predicted octanol–water partition coefficient (Wildman–Crippen LogP) is 3.04. The summed E-state index contributed by atoms with van der Waals surface area (Å²) in [6.07, 6.45) is 0. The number of halogens is 3. The van der Waals surface area contributed by atoms with E-state index in [0.29, 0.717) is 17.8 Å². The van der Waals surface area contributed by atoms with Gasteiger partial charge >= 0.3 is 15.3 Å². The van der Waals surface area contributed by atoms with E-state index in [2.05, 4.69) is 0 Å². The quantitative estimate of drug-likeness (QED) is 0.814. The average molecular weight is 289 g/mol. The van der Waals surface area contributed by atoms with Gasteiger partial charge in [0.15, 0.2) is 0 Å². The summed E-state index contributed by atoms with van der Waals surface area (Å²) in [7, 11) is -4.94. The van der Waals surface area contributed by atoms with Gasteiger partial charge in [0.1, 0.15) is 0 Å². The Labute approximate surface area is 108 Å². The molecule has 0 bridgehead atoms. The fourth-order valence-corrected chi connectivity index (χ4v) is 2.42. The molecule has 0 unspecified atom stereocenters. The highest BCUT2D eigenvalue weighted by Crippen LogP contribution is 2.37. The molecule has 0 saturated carbocycles. The molecule has 0 radical (unpaired) electrons. The first-order valence-corrected chi connectivity index (χ1v) is 6.72. The number of rotatable bonds is 3.